The molecule has 0 amide bonds. The van der Waals surface area contributed by atoms with Gasteiger partial charge in [0.15, 0.2) is 23.0 Å². The molecule has 0 bridgehead atoms. The van der Waals surface area contributed by atoms with Gasteiger partial charge in [-0.1, -0.05) is 0 Å². The van der Waals surface area contributed by atoms with Crippen LogP contribution in [-0.4, -0.2) is 61.6 Å². The van der Waals surface area contributed by atoms with Crippen LogP contribution in [0.5, 0.6) is 0 Å². The number of hydrogen-bond acceptors (Lipinski definition) is 10. The smallest absolute Gasteiger partial charge is 0.386 e. The Bertz CT molecular complexity index is 1050. The van der Waals surface area contributed by atoms with Gasteiger partial charge in [0.2, 0.25) is 5.95 Å². The number of nitrogens with one attached hydrogen (secondary N) is 1. The van der Waals surface area contributed by atoms with E-state index in [4.69, 9.17) is 24.0 Å². The molecule has 2 aromatic heterocycles. The number of phosphoric acid groups is 1. The third-order valence-corrected chi connectivity index (χ3v) is 6.16. The number of aliphatic hydroxyl groups is 1. The third-order valence-electron chi connectivity index (χ3n) is 4.55. The Balaban J connectivity index is 1.76. The highest BCUT2D eigenvalue weighted by Gasteiger charge is 2.67. The summed E-state index contributed by atoms with van der Waals surface area (Å²) >= 11 is 0. The summed E-state index contributed by atoms with van der Waals surface area (Å²) in [6.07, 6.45) is -7.66. The molecule has 2 aromatic rings. The largest absolute Gasteiger partial charge is 0.475 e. The highest BCUT2D eigenvalue weighted by atomic mass is 31.2. The molecule has 0 spiro atoms. The van der Waals surface area contributed by atoms with Gasteiger partial charge in [0.25, 0.3) is 12.0 Å². The maximum absolute atomic E-state index is 14.0. The van der Waals surface area contributed by atoms with E-state index >= 15 is 0 Å². The molecule has 29 heavy (non-hydrogen) atoms. The van der Waals surface area contributed by atoms with Gasteiger partial charge in [-0.05, 0) is 13.8 Å². The minimum atomic E-state index is -4.22. The average molecular weight is 437 g/mol. The number of aromatic nitrogens is 4. The lowest BCUT2D eigenvalue weighted by molar-refractivity contribution is -0.208. The molecule has 2 fully saturated rings. The fourth-order valence-electron chi connectivity index (χ4n) is 3.32. The first-order valence-electron chi connectivity index (χ1n) is 8.54. The fraction of sp³-hybridized carbons (Fsp3) is 0.643. The zero-order chi connectivity index (χ0) is 21.1. The van der Waals surface area contributed by atoms with E-state index in [0.29, 0.717) is 0 Å². The lowest BCUT2D eigenvalue weighted by atomic mass is 9.96. The Kier molecular flexibility index (Phi) is 4.76. The zero-order valence-corrected chi connectivity index (χ0v) is 16.1. The highest BCUT2D eigenvalue weighted by Crippen LogP contribution is 2.61. The van der Waals surface area contributed by atoms with Crippen molar-refractivity contribution < 1.29 is 36.8 Å². The van der Waals surface area contributed by atoms with Crippen molar-refractivity contribution in [1.29, 1.82) is 0 Å². The van der Waals surface area contributed by atoms with E-state index in [1.54, 1.807) is 13.8 Å². The Morgan fingerprint density at radius 1 is 1.52 bits per heavy atom. The average Bonchev–Trinajstić information content (AvgIpc) is 3.14. The minimum absolute atomic E-state index is 0.0964. The topological polar surface area (TPSA) is 164 Å². The number of aromatic amines is 1. The number of phosphoric ester groups is 1. The lowest BCUT2D eigenvalue weighted by Gasteiger charge is -2.39. The van der Waals surface area contributed by atoms with E-state index in [1.165, 1.54) is 0 Å². The standard InChI is InChI=1S/C14H18F2N5O7P/c1-5(2)27-29(24)25-3-14(12(15)16)8(28-29)7(22)11(26-14)21-4-18-6-9(21)19-13(17)20-10(6)23/h4-5,7-8,11-12,22H,3H2,1-2H3,(H3,17,19,20,23)/t7-,8+,11-,14-,29?/m1/s1. The molecule has 2 saturated heterocycles. The van der Waals surface area contributed by atoms with Crippen LogP contribution in [0.25, 0.3) is 11.2 Å². The predicted octanol–water partition coefficient (Wildman–Crippen LogP) is 0.544. The number of rotatable bonds is 4. The number of H-pyrrole nitrogens is 1. The van der Waals surface area contributed by atoms with Gasteiger partial charge in [-0.2, -0.15) is 4.98 Å². The summed E-state index contributed by atoms with van der Waals surface area (Å²) in [4.78, 5) is 22.0. The van der Waals surface area contributed by atoms with Gasteiger partial charge >= 0.3 is 7.82 Å². The summed E-state index contributed by atoms with van der Waals surface area (Å²) in [6.45, 7) is 2.25. The quantitative estimate of drug-likeness (QED) is 0.575. The van der Waals surface area contributed by atoms with E-state index < -0.39 is 56.6 Å². The van der Waals surface area contributed by atoms with Crippen LogP contribution in [0.2, 0.25) is 0 Å². The van der Waals surface area contributed by atoms with Gasteiger partial charge in [-0.3, -0.25) is 27.9 Å². The Labute approximate surface area is 161 Å². The van der Waals surface area contributed by atoms with Crippen molar-refractivity contribution in [3.63, 3.8) is 0 Å². The van der Waals surface area contributed by atoms with Crippen molar-refractivity contribution in [3.8, 4) is 0 Å². The lowest BCUT2D eigenvalue weighted by Crippen LogP contribution is -2.56. The Morgan fingerprint density at radius 2 is 2.24 bits per heavy atom. The molecule has 5 atom stereocenters. The number of halogens is 2. The summed E-state index contributed by atoms with van der Waals surface area (Å²) in [5, 5.41) is 10.7. The number of ether oxygens (including phenoxy) is 1. The van der Waals surface area contributed by atoms with Gasteiger partial charge < -0.3 is 15.6 Å². The van der Waals surface area contributed by atoms with Crippen LogP contribution < -0.4 is 11.3 Å². The van der Waals surface area contributed by atoms with Gasteiger partial charge in [0.05, 0.1) is 19.0 Å². The fourth-order valence-corrected chi connectivity index (χ4v) is 4.95. The molecule has 160 valence electrons. The number of nitrogens with two attached hydrogens (primary N) is 1. The summed E-state index contributed by atoms with van der Waals surface area (Å²) in [7, 11) is -4.22. The Morgan fingerprint density at radius 3 is 2.90 bits per heavy atom. The summed E-state index contributed by atoms with van der Waals surface area (Å²) in [6, 6.07) is 0. The first kappa shape index (κ1) is 20.3. The van der Waals surface area contributed by atoms with E-state index in [0.717, 1.165) is 10.9 Å². The molecule has 4 rings (SSSR count). The van der Waals surface area contributed by atoms with Crippen LogP contribution in [0, 0.1) is 0 Å². The van der Waals surface area contributed by atoms with E-state index in [1.807, 2.05) is 0 Å². The van der Waals surface area contributed by atoms with E-state index in [-0.39, 0.29) is 17.1 Å². The van der Waals surface area contributed by atoms with Crippen molar-refractivity contribution in [2.75, 3.05) is 12.3 Å². The predicted molar refractivity (Wildman–Crippen MR) is 92.1 cm³/mol. The van der Waals surface area contributed by atoms with Crippen molar-refractivity contribution in [2.45, 2.75) is 50.4 Å². The molecule has 15 heteroatoms. The molecule has 12 nitrogen and oxygen atoms in total. The van der Waals surface area contributed by atoms with Crippen LogP contribution >= 0.6 is 7.82 Å². The number of nitrogens with zero attached hydrogens (tertiary/aromatic N) is 3. The maximum Gasteiger partial charge on any atom is 0.475 e. The molecule has 4 N–H and O–H groups in total. The number of anilines is 1. The molecule has 1 unspecified atom stereocenters. The van der Waals surface area contributed by atoms with Crippen LogP contribution in [0.1, 0.15) is 20.1 Å². The molecule has 0 saturated carbocycles. The number of aliphatic hydroxyl groups excluding tert-OH is 1. The number of alkyl halides is 2. The van der Waals surface area contributed by atoms with Crippen LogP contribution in [0.15, 0.2) is 11.1 Å². The van der Waals surface area contributed by atoms with Gasteiger partial charge in [0.1, 0.15) is 12.2 Å². The summed E-state index contributed by atoms with van der Waals surface area (Å²) < 4.78 is 62.3. The summed E-state index contributed by atoms with van der Waals surface area (Å²) in [5.41, 5.74) is 2.21. The second-order valence-electron chi connectivity index (χ2n) is 6.93. The molecule has 4 heterocycles. The van der Waals surface area contributed by atoms with Gasteiger partial charge in [-0.15, -0.1) is 0 Å². The van der Waals surface area contributed by atoms with E-state index in [2.05, 4.69) is 15.0 Å². The highest BCUT2D eigenvalue weighted by molar-refractivity contribution is 7.48. The Hall–Kier alpha value is -1.96. The molecule has 0 aliphatic carbocycles. The number of imidazole rings is 1. The maximum atomic E-state index is 14.0. The van der Waals surface area contributed by atoms with Crippen LogP contribution in [-0.2, 0) is 22.9 Å². The molecule has 0 aromatic carbocycles. The molecular formula is C14H18F2N5O7P. The second-order valence-corrected chi connectivity index (χ2v) is 8.50. The van der Waals surface area contributed by atoms with E-state index in [9.17, 15) is 23.2 Å². The van der Waals surface area contributed by atoms with Gasteiger partial charge in [-0.25, -0.2) is 18.3 Å². The van der Waals surface area contributed by atoms with Crippen molar-refractivity contribution in [3.05, 3.63) is 16.7 Å². The molecule has 0 radical (unpaired) electrons. The molecular weight excluding hydrogens is 419 g/mol. The third kappa shape index (κ3) is 3.16. The SMILES string of the molecule is CC(C)OP1(=O)OC[C@@]2(C(F)F)O[C@@H](n3cnc4c(=O)[nH]c(N)nc43)[C@H](O)[C@@H]2O1. The molecule has 2 aliphatic rings. The summed E-state index contributed by atoms with van der Waals surface area (Å²) in [5.74, 6) is -0.243. The minimum Gasteiger partial charge on any atom is -0.386 e. The first-order valence-corrected chi connectivity index (χ1v) is 10.00. The van der Waals surface area contributed by atoms with Gasteiger partial charge in [0, 0.05) is 0 Å². The normalized spacial score (nSPS) is 34.9. The van der Waals surface area contributed by atoms with Crippen molar-refractivity contribution in [1.82, 2.24) is 19.5 Å². The number of fused-ring (bicyclic) bond motifs is 2. The second kappa shape index (κ2) is 6.79. The van der Waals surface area contributed by atoms with Crippen molar-refractivity contribution in [2.24, 2.45) is 0 Å². The zero-order valence-electron chi connectivity index (χ0n) is 15.2. The number of nitrogen functional groups attached to an aromatic ring is 1. The first-order chi connectivity index (χ1) is 13.6. The van der Waals surface area contributed by atoms with Crippen molar-refractivity contribution >= 4 is 24.9 Å². The van der Waals surface area contributed by atoms with Crippen LogP contribution in [0.4, 0.5) is 14.7 Å². The number of hydrogen-bond donors (Lipinski definition) is 3. The molecule has 2 aliphatic heterocycles. The monoisotopic (exact) mass is 437 g/mol. The van der Waals surface area contributed by atoms with Crippen LogP contribution in [0.3, 0.4) is 0 Å².